The van der Waals surface area contributed by atoms with E-state index in [9.17, 15) is 14.5 Å². The number of unbranched alkanes of at least 4 members (excludes halogenated alkanes) is 12. The lowest BCUT2D eigenvalue weighted by atomic mass is 10.1. The highest BCUT2D eigenvalue weighted by Gasteiger charge is 2.45. The van der Waals surface area contributed by atoms with Gasteiger partial charge < -0.3 is 14.6 Å². The fourth-order valence-electron chi connectivity index (χ4n) is 3.85. The van der Waals surface area contributed by atoms with Crippen LogP contribution in [-0.4, -0.2) is 40.3 Å². The molecule has 5 nitrogen and oxygen atoms in total. The Hall–Kier alpha value is -0.160. The van der Waals surface area contributed by atoms with E-state index in [4.69, 9.17) is 9.47 Å². The van der Waals surface area contributed by atoms with Crippen LogP contribution in [0.4, 0.5) is 0 Å². The third-order valence-corrected chi connectivity index (χ3v) is 8.17. The van der Waals surface area contributed by atoms with E-state index < -0.39 is 20.0 Å². The van der Waals surface area contributed by atoms with Crippen molar-refractivity contribution in [1.82, 2.24) is 0 Å². The maximum absolute atomic E-state index is 11.8. The van der Waals surface area contributed by atoms with Crippen LogP contribution in [0.2, 0.25) is 0 Å². The quantitative estimate of drug-likeness (QED) is 0.0757. The van der Waals surface area contributed by atoms with Gasteiger partial charge in [0, 0.05) is 5.25 Å². The fraction of sp³-hybridized carbons (Fsp3) is 0.962. The van der Waals surface area contributed by atoms with E-state index in [0.29, 0.717) is 6.42 Å². The van der Waals surface area contributed by atoms with E-state index >= 15 is 0 Å². The highest BCUT2D eigenvalue weighted by Crippen LogP contribution is 2.33. The van der Waals surface area contributed by atoms with Gasteiger partial charge in [0.25, 0.3) is 0 Å². The van der Waals surface area contributed by atoms with Gasteiger partial charge in [-0.1, -0.05) is 104 Å². The summed E-state index contributed by atoms with van der Waals surface area (Å²) in [5.41, 5.74) is -2.10. The lowest BCUT2D eigenvalue weighted by Gasteiger charge is -2.31. The van der Waals surface area contributed by atoms with Gasteiger partial charge in [0.05, 0.1) is 12.7 Å². The lowest BCUT2D eigenvalue weighted by molar-refractivity contribution is -0.217. The topological polar surface area (TPSA) is 72.8 Å². The zero-order chi connectivity index (χ0) is 24.8. The molecule has 0 heterocycles. The maximum atomic E-state index is 11.8. The Morgan fingerprint density at radius 2 is 1.36 bits per heavy atom. The van der Waals surface area contributed by atoms with Crippen LogP contribution in [0.1, 0.15) is 130 Å². The molecule has 0 saturated carbocycles. The molecule has 3 atom stereocenters. The summed E-state index contributed by atoms with van der Waals surface area (Å²) in [4.78, 5) is 11.8. The molecule has 1 N–H and O–H groups in total. The summed E-state index contributed by atoms with van der Waals surface area (Å²) in [7, 11) is -0.659. The molecule has 0 radical (unpaired) electrons. The van der Waals surface area contributed by atoms with Gasteiger partial charge in [-0.2, -0.15) is 11.8 Å². The normalized spacial score (nSPS) is 15.4. The van der Waals surface area contributed by atoms with Gasteiger partial charge in [0.2, 0.25) is 8.46 Å². The molecule has 3 unspecified atom stereocenters. The number of carboxylic acids is 1. The Morgan fingerprint density at radius 3 is 1.85 bits per heavy atom. The van der Waals surface area contributed by atoms with Gasteiger partial charge in [-0.05, 0) is 31.9 Å². The monoisotopic (exact) mass is 506 g/mol. The van der Waals surface area contributed by atoms with Crippen molar-refractivity contribution in [2.24, 2.45) is 0 Å². The van der Waals surface area contributed by atoms with Crippen LogP contribution in [0.3, 0.4) is 0 Å². The lowest BCUT2D eigenvalue weighted by Crippen LogP contribution is -2.44. The molecule has 0 rings (SSSR count). The van der Waals surface area contributed by atoms with Gasteiger partial charge in [-0.15, -0.1) is 0 Å². The molecule has 0 aromatic rings. The SMILES string of the molecule is CCCCCCCCCCCSC(CCCCCCC)C(C)OC(OCCC)(P=O)C(=O)O. The van der Waals surface area contributed by atoms with Crippen molar-refractivity contribution in [2.75, 3.05) is 12.4 Å². The summed E-state index contributed by atoms with van der Waals surface area (Å²) < 4.78 is 23.1. The number of carboxylic acid groups (broad SMARTS) is 1. The van der Waals surface area contributed by atoms with Gasteiger partial charge in [-0.25, -0.2) is 4.79 Å². The fourth-order valence-corrected chi connectivity index (χ4v) is 5.62. The second-order valence-corrected chi connectivity index (χ2v) is 11.2. The molecule has 196 valence electrons. The first-order valence-electron chi connectivity index (χ1n) is 13.5. The second-order valence-electron chi connectivity index (χ2n) is 9.09. The summed E-state index contributed by atoms with van der Waals surface area (Å²) in [6.07, 6.45) is 19.0. The van der Waals surface area contributed by atoms with Crippen LogP contribution in [0.5, 0.6) is 0 Å². The standard InChI is InChI=1S/C26H51O5PS/c1-5-8-10-12-13-14-15-17-19-22-33-24(20-18-16-11-9-6-2)23(4)31-26(32-29,25(27)28)30-21-7-3/h23-24H,5-22H2,1-4H3,(H,27,28). The zero-order valence-electron chi connectivity index (χ0n) is 21.8. The van der Waals surface area contributed by atoms with Gasteiger partial charge >= 0.3 is 11.5 Å². The molecule has 0 spiro atoms. The van der Waals surface area contributed by atoms with E-state index in [1.54, 1.807) is 0 Å². The number of hydrogen-bond donors (Lipinski definition) is 1. The minimum atomic E-state index is -2.10. The van der Waals surface area contributed by atoms with E-state index in [-0.39, 0.29) is 18.0 Å². The number of carbonyl (C=O) groups is 1. The van der Waals surface area contributed by atoms with Crippen molar-refractivity contribution in [3.8, 4) is 0 Å². The molecule has 0 fully saturated rings. The highest BCUT2D eigenvalue weighted by molar-refractivity contribution is 7.99. The second kappa shape index (κ2) is 22.3. The first-order chi connectivity index (χ1) is 16.0. The number of aliphatic carboxylic acids is 1. The van der Waals surface area contributed by atoms with Crippen molar-refractivity contribution >= 4 is 26.2 Å². The Bertz CT molecular complexity index is 480. The molecule has 0 aliphatic rings. The molecule has 7 heteroatoms. The molecule has 0 amide bonds. The van der Waals surface area contributed by atoms with Crippen molar-refractivity contribution in [2.45, 2.75) is 147 Å². The number of ether oxygens (including phenoxy) is 2. The van der Waals surface area contributed by atoms with Gasteiger partial charge in [-0.3, -0.25) is 4.57 Å². The molecule has 0 aliphatic carbocycles. The van der Waals surface area contributed by atoms with E-state index in [0.717, 1.165) is 18.6 Å². The predicted octanol–water partition coefficient (Wildman–Crippen LogP) is 8.84. The summed E-state index contributed by atoms with van der Waals surface area (Å²) in [5.74, 6) is -0.279. The Balaban J connectivity index is 4.63. The van der Waals surface area contributed by atoms with Crippen LogP contribution in [0.15, 0.2) is 0 Å². The highest BCUT2D eigenvalue weighted by atomic mass is 32.2. The Kier molecular flexibility index (Phi) is 22.2. The number of hydrogen-bond acceptors (Lipinski definition) is 5. The summed E-state index contributed by atoms with van der Waals surface area (Å²) >= 11 is 1.88. The molecular weight excluding hydrogens is 455 g/mol. The molecule has 0 bridgehead atoms. The first-order valence-corrected chi connectivity index (χ1v) is 15.3. The van der Waals surface area contributed by atoms with Crippen LogP contribution in [0, 0.1) is 0 Å². The van der Waals surface area contributed by atoms with E-state index in [1.165, 1.54) is 83.5 Å². The molecule has 33 heavy (non-hydrogen) atoms. The molecule has 0 aliphatic heterocycles. The average molecular weight is 507 g/mol. The average Bonchev–Trinajstić information content (AvgIpc) is 2.81. The van der Waals surface area contributed by atoms with E-state index in [1.807, 2.05) is 25.6 Å². The smallest absolute Gasteiger partial charge is 0.377 e. The van der Waals surface area contributed by atoms with Gasteiger partial charge in [0.1, 0.15) is 0 Å². The van der Waals surface area contributed by atoms with Crippen LogP contribution in [-0.2, 0) is 18.8 Å². The number of thioether (sulfide) groups is 1. The Labute approximate surface area is 209 Å². The maximum Gasteiger partial charge on any atom is 0.377 e. The van der Waals surface area contributed by atoms with Crippen molar-refractivity contribution in [3.05, 3.63) is 0 Å². The van der Waals surface area contributed by atoms with Crippen molar-refractivity contribution in [1.29, 1.82) is 0 Å². The van der Waals surface area contributed by atoms with Crippen LogP contribution in [0.25, 0.3) is 0 Å². The number of rotatable bonds is 25. The molecule has 0 aromatic carbocycles. The minimum Gasteiger partial charge on any atom is -0.477 e. The molecule has 0 saturated heterocycles. The van der Waals surface area contributed by atoms with E-state index in [2.05, 4.69) is 13.8 Å². The summed E-state index contributed by atoms with van der Waals surface area (Å²) in [5, 5.41) is 9.83. The van der Waals surface area contributed by atoms with Crippen LogP contribution < -0.4 is 0 Å². The van der Waals surface area contributed by atoms with Gasteiger partial charge in [0.15, 0.2) is 0 Å². The van der Waals surface area contributed by atoms with Crippen molar-refractivity contribution in [3.63, 3.8) is 0 Å². The Morgan fingerprint density at radius 1 is 0.848 bits per heavy atom. The van der Waals surface area contributed by atoms with Crippen LogP contribution >= 0.6 is 20.2 Å². The predicted molar refractivity (Wildman–Crippen MR) is 142 cm³/mol. The molecule has 0 aromatic heterocycles. The zero-order valence-corrected chi connectivity index (χ0v) is 23.5. The third-order valence-electron chi connectivity index (χ3n) is 5.93. The minimum absolute atomic E-state index is 0.173. The summed E-state index contributed by atoms with van der Waals surface area (Å²) in [6.45, 7) is 8.45. The molecular formula is C26H51O5PS. The summed E-state index contributed by atoms with van der Waals surface area (Å²) in [6, 6.07) is 0. The third kappa shape index (κ3) is 16.2. The first kappa shape index (κ1) is 32.8. The largest absolute Gasteiger partial charge is 0.477 e. The van der Waals surface area contributed by atoms with Crippen molar-refractivity contribution < 1.29 is 23.9 Å².